The topological polar surface area (TPSA) is 20.3 Å². The van der Waals surface area contributed by atoms with Crippen molar-refractivity contribution >= 4 is 33.4 Å². The highest BCUT2D eigenvalue weighted by Gasteiger charge is 2.33. The van der Waals surface area contributed by atoms with E-state index in [1.165, 1.54) is 19.1 Å². The van der Waals surface area contributed by atoms with Gasteiger partial charge in [0.2, 0.25) is 0 Å². The molecule has 0 aromatic heterocycles. The SMILES string of the molecule is CCN(CC(F)(F)F)C(=O)c1cc(Br)ccc1Cl. The van der Waals surface area contributed by atoms with Gasteiger partial charge in [0, 0.05) is 11.0 Å². The average molecular weight is 345 g/mol. The Morgan fingerprint density at radius 3 is 2.56 bits per heavy atom. The molecule has 18 heavy (non-hydrogen) atoms. The fraction of sp³-hybridized carbons (Fsp3) is 0.364. The Kier molecular flexibility index (Phi) is 5.04. The van der Waals surface area contributed by atoms with Gasteiger partial charge in [0.05, 0.1) is 10.6 Å². The van der Waals surface area contributed by atoms with E-state index in [9.17, 15) is 18.0 Å². The van der Waals surface area contributed by atoms with Crippen LogP contribution in [0.1, 0.15) is 17.3 Å². The number of halogens is 5. The molecule has 0 fully saturated rings. The van der Waals surface area contributed by atoms with E-state index in [0.29, 0.717) is 9.37 Å². The van der Waals surface area contributed by atoms with Crippen LogP contribution in [-0.4, -0.2) is 30.1 Å². The van der Waals surface area contributed by atoms with E-state index >= 15 is 0 Å². The summed E-state index contributed by atoms with van der Waals surface area (Å²) >= 11 is 8.96. The third kappa shape index (κ3) is 4.17. The first kappa shape index (κ1) is 15.3. The van der Waals surface area contributed by atoms with Gasteiger partial charge < -0.3 is 4.90 Å². The molecule has 0 heterocycles. The Balaban J connectivity index is 3.00. The van der Waals surface area contributed by atoms with Crippen molar-refractivity contribution in [3.05, 3.63) is 33.3 Å². The van der Waals surface area contributed by atoms with Crippen LogP contribution in [0.3, 0.4) is 0 Å². The van der Waals surface area contributed by atoms with Crippen LogP contribution < -0.4 is 0 Å². The first-order valence-corrected chi connectivity index (χ1v) is 6.22. The van der Waals surface area contributed by atoms with E-state index in [4.69, 9.17) is 11.6 Å². The maximum Gasteiger partial charge on any atom is 0.406 e. The molecule has 0 aliphatic rings. The van der Waals surface area contributed by atoms with Gasteiger partial charge in [-0.05, 0) is 25.1 Å². The van der Waals surface area contributed by atoms with Crippen molar-refractivity contribution in [1.29, 1.82) is 0 Å². The van der Waals surface area contributed by atoms with Crippen LogP contribution >= 0.6 is 27.5 Å². The number of hydrogen-bond acceptors (Lipinski definition) is 1. The Morgan fingerprint density at radius 2 is 2.06 bits per heavy atom. The molecule has 1 rings (SSSR count). The smallest absolute Gasteiger partial charge is 0.330 e. The van der Waals surface area contributed by atoms with Crippen LogP contribution in [0.25, 0.3) is 0 Å². The minimum absolute atomic E-state index is 0.0405. The molecule has 0 unspecified atom stereocenters. The molecule has 1 aromatic rings. The number of hydrogen-bond donors (Lipinski definition) is 0. The van der Waals surface area contributed by atoms with E-state index in [1.807, 2.05) is 0 Å². The fourth-order valence-corrected chi connectivity index (χ4v) is 1.93. The lowest BCUT2D eigenvalue weighted by atomic mass is 10.2. The number of alkyl halides is 3. The second kappa shape index (κ2) is 5.93. The van der Waals surface area contributed by atoms with Gasteiger partial charge in [-0.3, -0.25) is 4.79 Å². The zero-order valence-corrected chi connectivity index (χ0v) is 11.7. The Labute approximate surface area is 116 Å². The standard InChI is InChI=1S/C11H10BrClF3NO/c1-2-17(6-11(14,15)16)10(18)8-5-7(12)3-4-9(8)13/h3-5H,2,6H2,1H3. The average Bonchev–Trinajstić information content (AvgIpc) is 2.27. The lowest BCUT2D eigenvalue weighted by Gasteiger charge is -2.22. The molecular weight excluding hydrogens is 334 g/mol. The Bertz CT molecular complexity index is 450. The molecule has 0 saturated carbocycles. The van der Waals surface area contributed by atoms with Crippen LogP contribution in [0.15, 0.2) is 22.7 Å². The van der Waals surface area contributed by atoms with Crippen molar-refractivity contribution in [2.24, 2.45) is 0 Å². The summed E-state index contributed by atoms with van der Waals surface area (Å²) in [5, 5.41) is 0.129. The third-order valence-corrected chi connectivity index (χ3v) is 3.02. The molecule has 1 aromatic carbocycles. The van der Waals surface area contributed by atoms with Gasteiger partial charge in [0.15, 0.2) is 0 Å². The highest BCUT2D eigenvalue weighted by atomic mass is 79.9. The molecule has 100 valence electrons. The largest absolute Gasteiger partial charge is 0.406 e. The van der Waals surface area contributed by atoms with Gasteiger partial charge in [0.1, 0.15) is 6.54 Å². The summed E-state index contributed by atoms with van der Waals surface area (Å²) in [5.41, 5.74) is 0.0529. The molecule has 2 nitrogen and oxygen atoms in total. The highest BCUT2D eigenvalue weighted by Crippen LogP contribution is 2.24. The van der Waals surface area contributed by atoms with Crippen LogP contribution in [0.5, 0.6) is 0 Å². The van der Waals surface area contributed by atoms with E-state index in [1.54, 1.807) is 6.07 Å². The predicted molar refractivity (Wildman–Crippen MR) is 66.8 cm³/mol. The molecular formula is C11H10BrClF3NO. The molecule has 0 spiro atoms. The van der Waals surface area contributed by atoms with Gasteiger partial charge in [-0.15, -0.1) is 0 Å². The van der Waals surface area contributed by atoms with Crippen molar-refractivity contribution in [2.45, 2.75) is 13.1 Å². The summed E-state index contributed by atoms with van der Waals surface area (Å²) in [7, 11) is 0. The summed E-state index contributed by atoms with van der Waals surface area (Å²) < 4.78 is 37.5. The van der Waals surface area contributed by atoms with E-state index in [2.05, 4.69) is 15.9 Å². The molecule has 0 saturated heterocycles. The van der Waals surface area contributed by atoms with Crippen molar-refractivity contribution in [3.8, 4) is 0 Å². The first-order valence-electron chi connectivity index (χ1n) is 5.05. The monoisotopic (exact) mass is 343 g/mol. The minimum atomic E-state index is -4.43. The van der Waals surface area contributed by atoms with E-state index in [0.717, 1.165) is 0 Å². The van der Waals surface area contributed by atoms with Crippen molar-refractivity contribution < 1.29 is 18.0 Å². The molecule has 1 amide bonds. The number of rotatable bonds is 3. The minimum Gasteiger partial charge on any atom is -0.330 e. The summed E-state index contributed by atoms with van der Waals surface area (Å²) in [6.45, 7) is 0.155. The van der Waals surface area contributed by atoms with Crippen molar-refractivity contribution in [3.63, 3.8) is 0 Å². The lowest BCUT2D eigenvalue weighted by molar-refractivity contribution is -0.140. The van der Waals surface area contributed by atoms with E-state index in [-0.39, 0.29) is 17.1 Å². The molecule has 0 bridgehead atoms. The van der Waals surface area contributed by atoms with Gasteiger partial charge >= 0.3 is 6.18 Å². The number of amides is 1. The third-order valence-electron chi connectivity index (χ3n) is 2.20. The summed E-state index contributed by atoms with van der Waals surface area (Å²) in [6, 6.07) is 4.48. The quantitative estimate of drug-likeness (QED) is 0.807. The maximum absolute atomic E-state index is 12.3. The summed E-state index contributed by atoms with van der Waals surface area (Å²) in [6.07, 6.45) is -4.43. The fourth-order valence-electron chi connectivity index (χ4n) is 1.38. The molecule has 0 radical (unpaired) electrons. The zero-order chi connectivity index (χ0) is 13.9. The Morgan fingerprint density at radius 1 is 1.44 bits per heavy atom. The Hall–Kier alpha value is -0.750. The van der Waals surface area contributed by atoms with Crippen molar-refractivity contribution in [2.75, 3.05) is 13.1 Å². The van der Waals surface area contributed by atoms with Crippen LogP contribution in [-0.2, 0) is 0 Å². The first-order chi connectivity index (χ1) is 8.24. The molecule has 7 heteroatoms. The van der Waals surface area contributed by atoms with Crippen LogP contribution in [0, 0.1) is 0 Å². The van der Waals surface area contributed by atoms with Crippen LogP contribution in [0.4, 0.5) is 13.2 Å². The number of carbonyl (C=O) groups is 1. The lowest BCUT2D eigenvalue weighted by Crippen LogP contribution is -2.38. The normalized spacial score (nSPS) is 11.4. The van der Waals surface area contributed by atoms with Gasteiger partial charge in [0.25, 0.3) is 5.91 Å². The molecule has 0 aliphatic carbocycles. The molecule has 0 aliphatic heterocycles. The van der Waals surface area contributed by atoms with Gasteiger partial charge in [-0.2, -0.15) is 13.2 Å². The number of carbonyl (C=O) groups excluding carboxylic acids is 1. The zero-order valence-electron chi connectivity index (χ0n) is 9.39. The van der Waals surface area contributed by atoms with Crippen molar-refractivity contribution in [1.82, 2.24) is 4.90 Å². The number of benzene rings is 1. The van der Waals surface area contributed by atoms with E-state index < -0.39 is 18.6 Å². The highest BCUT2D eigenvalue weighted by molar-refractivity contribution is 9.10. The number of nitrogens with zero attached hydrogens (tertiary/aromatic N) is 1. The maximum atomic E-state index is 12.3. The van der Waals surface area contributed by atoms with Gasteiger partial charge in [-0.1, -0.05) is 27.5 Å². The summed E-state index contributed by atoms with van der Waals surface area (Å²) in [5.74, 6) is -0.735. The summed E-state index contributed by atoms with van der Waals surface area (Å²) in [4.78, 5) is 12.6. The molecule has 0 N–H and O–H groups in total. The second-order valence-corrected chi connectivity index (χ2v) is 4.88. The predicted octanol–water partition coefficient (Wildman–Crippen LogP) is 4.13. The van der Waals surface area contributed by atoms with Crippen LogP contribution in [0.2, 0.25) is 5.02 Å². The molecule has 0 atom stereocenters. The second-order valence-electron chi connectivity index (χ2n) is 3.56. The van der Waals surface area contributed by atoms with Gasteiger partial charge in [-0.25, -0.2) is 0 Å².